The quantitative estimate of drug-likeness (QED) is 0.715. The topological polar surface area (TPSA) is 83.5 Å². The molecule has 140 valence electrons. The molecule has 0 radical (unpaired) electrons. The van der Waals surface area contributed by atoms with Crippen LogP contribution in [-0.4, -0.2) is 19.5 Å². The second kappa shape index (κ2) is 7.14. The Labute approximate surface area is 152 Å². The number of H-pyrrole nitrogens is 2. The zero-order valence-electron chi connectivity index (χ0n) is 14.8. The number of nitrogens with zero attached hydrogens (tertiary/aromatic N) is 2. The molecule has 0 aliphatic heterocycles. The lowest BCUT2D eigenvalue weighted by Gasteiger charge is -2.13. The molecule has 0 aliphatic rings. The molecule has 27 heavy (non-hydrogen) atoms. The summed E-state index contributed by atoms with van der Waals surface area (Å²) in [5.41, 5.74) is 0.360. The number of aromatic amines is 2. The summed E-state index contributed by atoms with van der Waals surface area (Å²) in [6.45, 7) is 7.36. The molecule has 2 heterocycles. The number of rotatable bonds is 4. The highest BCUT2D eigenvalue weighted by Gasteiger charge is 2.15. The van der Waals surface area contributed by atoms with Gasteiger partial charge in [-0.05, 0) is 30.2 Å². The Kier molecular flexibility index (Phi) is 4.89. The first-order valence-electron chi connectivity index (χ1n) is 8.28. The van der Waals surface area contributed by atoms with Crippen molar-refractivity contribution in [3.63, 3.8) is 0 Å². The van der Waals surface area contributed by atoms with Crippen molar-refractivity contribution in [2.45, 2.75) is 26.3 Å². The van der Waals surface area contributed by atoms with E-state index in [-0.39, 0.29) is 28.7 Å². The highest BCUT2D eigenvalue weighted by atomic mass is 19.1. The average molecular weight is 372 g/mol. The van der Waals surface area contributed by atoms with E-state index in [1.807, 2.05) is 13.8 Å². The summed E-state index contributed by atoms with van der Waals surface area (Å²) in [6, 6.07) is 3.27. The van der Waals surface area contributed by atoms with Gasteiger partial charge in [-0.25, -0.2) is 13.8 Å². The molecule has 3 rings (SSSR count). The van der Waals surface area contributed by atoms with Gasteiger partial charge in [0.1, 0.15) is 17.0 Å². The molecule has 0 aliphatic carbocycles. The first-order valence-corrected chi connectivity index (χ1v) is 8.28. The van der Waals surface area contributed by atoms with E-state index >= 15 is 0 Å². The maximum absolute atomic E-state index is 14.0. The minimum absolute atomic E-state index is 0.0201. The fourth-order valence-corrected chi connectivity index (χ4v) is 2.87. The lowest BCUT2D eigenvalue weighted by molar-refractivity contribution is 0.571. The van der Waals surface area contributed by atoms with Gasteiger partial charge in [-0.15, -0.1) is 0 Å². The van der Waals surface area contributed by atoms with Crippen molar-refractivity contribution in [3.05, 3.63) is 84.5 Å². The fraction of sp³-hybridized carbons (Fsp3) is 0.211. The third-order valence-electron chi connectivity index (χ3n) is 4.12. The Balaban J connectivity index is 2.12. The molecular formula is C19H18F2N4O2. The van der Waals surface area contributed by atoms with E-state index < -0.39 is 22.8 Å². The van der Waals surface area contributed by atoms with Crippen LogP contribution in [-0.2, 0) is 6.54 Å². The lowest BCUT2D eigenvalue weighted by Crippen LogP contribution is -2.46. The number of imidazole rings is 1. The van der Waals surface area contributed by atoms with Crippen LogP contribution in [0.3, 0.4) is 0 Å². The molecule has 0 unspecified atom stereocenters. The van der Waals surface area contributed by atoms with Gasteiger partial charge >= 0.3 is 0 Å². The first kappa shape index (κ1) is 18.5. The molecule has 6 nitrogen and oxygen atoms in total. The van der Waals surface area contributed by atoms with E-state index in [2.05, 4.69) is 21.5 Å². The van der Waals surface area contributed by atoms with Crippen LogP contribution in [0.5, 0.6) is 0 Å². The summed E-state index contributed by atoms with van der Waals surface area (Å²) >= 11 is 0. The summed E-state index contributed by atoms with van der Waals surface area (Å²) in [6.07, 6.45) is 2.95. The van der Waals surface area contributed by atoms with Gasteiger partial charge in [0.05, 0.1) is 23.9 Å². The van der Waals surface area contributed by atoms with Crippen molar-refractivity contribution in [1.82, 2.24) is 19.5 Å². The SMILES string of the molecule is C=c1[nH]c(=O)c(=Cc2ncn(Cc3cc(F)ccc3F)c2C(C)C)[nH]c1=O. The molecule has 2 N–H and O–H groups in total. The zero-order valence-corrected chi connectivity index (χ0v) is 14.8. The van der Waals surface area contributed by atoms with Gasteiger partial charge in [0, 0.05) is 11.3 Å². The monoisotopic (exact) mass is 372 g/mol. The summed E-state index contributed by atoms with van der Waals surface area (Å²) in [5.74, 6) is -1.06. The van der Waals surface area contributed by atoms with E-state index in [1.165, 1.54) is 12.4 Å². The lowest BCUT2D eigenvalue weighted by atomic mass is 10.1. The van der Waals surface area contributed by atoms with Crippen LogP contribution in [0.15, 0.2) is 34.1 Å². The highest BCUT2D eigenvalue weighted by Crippen LogP contribution is 2.21. The molecule has 0 spiro atoms. The van der Waals surface area contributed by atoms with Gasteiger partial charge < -0.3 is 14.5 Å². The number of halogens is 2. The Bertz CT molecular complexity index is 1220. The van der Waals surface area contributed by atoms with Crippen LogP contribution in [0.1, 0.15) is 36.7 Å². The standard InChI is InChI=1S/C19H18F2N4O2/c1-10(2)17-15(7-16-19(27)23-11(3)18(26)24-16)22-9-25(17)8-12-6-13(20)4-5-14(12)21/h4-7,9-10H,3,8H2,1-2H3,(H,23,27)(H,24,26). The van der Waals surface area contributed by atoms with Crippen molar-refractivity contribution in [2.75, 3.05) is 0 Å². The number of benzene rings is 1. The number of hydrogen-bond acceptors (Lipinski definition) is 3. The van der Waals surface area contributed by atoms with Gasteiger partial charge in [-0.3, -0.25) is 9.59 Å². The van der Waals surface area contributed by atoms with Crippen LogP contribution >= 0.6 is 0 Å². The zero-order chi connectivity index (χ0) is 19.7. The van der Waals surface area contributed by atoms with Gasteiger partial charge in [-0.2, -0.15) is 0 Å². The molecule has 8 heteroatoms. The van der Waals surface area contributed by atoms with E-state index in [1.54, 1.807) is 4.57 Å². The highest BCUT2D eigenvalue weighted by molar-refractivity contribution is 5.47. The molecule has 0 fully saturated rings. The second-order valence-corrected chi connectivity index (χ2v) is 6.48. The van der Waals surface area contributed by atoms with Crippen LogP contribution < -0.4 is 21.8 Å². The third-order valence-corrected chi connectivity index (χ3v) is 4.12. The minimum atomic E-state index is -0.526. The predicted octanol–water partition coefficient (Wildman–Crippen LogP) is 0.949. The van der Waals surface area contributed by atoms with Gasteiger partial charge in [-0.1, -0.05) is 20.4 Å². The average Bonchev–Trinajstić information content (AvgIpc) is 2.98. The normalized spacial score (nSPS) is 12.1. The van der Waals surface area contributed by atoms with Crippen molar-refractivity contribution >= 4 is 12.7 Å². The Morgan fingerprint density at radius 3 is 2.67 bits per heavy atom. The molecule has 2 aromatic heterocycles. The largest absolute Gasteiger partial charge is 0.329 e. The molecule has 0 bridgehead atoms. The maximum atomic E-state index is 14.0. The van der Waals surface area contributed by atoms with E-state index in [9.17, 15) is 18.4 Å². The predicted molar refractivity (Wildman–Crippen MR) is 97.8 cm³/mol. The van der Waals surface area contributed by atoms with E-state index in [0.29, 0.717) is 5.69 Å². The van der Waals surface area contributed by atoms with Gasteiger partial charge in [0.2, 0.25) is 0 Å². The summed E-state index contributed by atoms with van der Waals surface area (Å²) in [5, 5.41) is 0.00447. The molecular weight excluding hydrogens is 354 g/mol. The number of aromatic nitrogens is 4. The molecule has 0 amide bonds. The molecule has 0 saturated carbocycles. The number of nitrogens with one attached hydrogen (secondary N) is 2. The minimum Gasteiger partial charge on any atom is -0.329 e. The molecule has 3 aromatic rings. The van der Waals surface area contributed by atoms with Gasteiger partial charge in [0.15, 0.2) is 0 Å². The van der Waals surface area contributed by atoms with Crippen molar-refractivity contribution < 1.29 is 8.78 Å². The van der Waals surface area contributed by atoms with Gasteiger partial charge in [0.25, 0.3) is 11.1 Å². The fourth-order valence-electron chi connectivity index (χ4n) is 2.87. The summed E-state index contributed by atoms with van der Waals surface area (Å²) in [7, 11) is 0. The van der Waals surface area contributed by atoms with Crippen LogP contribution in [0, 0.1) is 11.6 Å². The van der Waals surface area contributed by atoms with Crippen molar-refractivity contribution in [2.24, 2.45) is 0 Å². The maximum Gasteiger partial charge on any atom is 0.272 e. The first-order chi connectivity index (χ1) is 12.8. The van der Waals surface area contributed by atoms with Crippen LogP contribution in [0.4, 0.5) is 8.78 Å². The Morgan fingerprint density at radius 1 is 1.22 bits per heavy atom. The van der Waals surface area contributed by atoms with E-state index in [0.717, 1.165) is 23.9 Å². The Morgan fingerprint density at radius 2 is 1.96 bits per heavy atom. The second-order valence-electron chi connectivity index (χ2n) is 6.48. The Hall–Kier alpha value is -3.29. The molecule has 0 atom stereocenters. The molecule has 1 aromatic carbocycles. The summed E-state index contributed by atoms with van der Waals surface area (Å²) in [4.78, 5) is 32.8. The molecule has 0 saturated heterocycles. The van der Waals surface area contributed by atoms with Crippen molar-refractivity contribution in [1.29, 1.82) is 0 Å². The van der Waals surface area contributed by atoms with E-state index in [4.69, 9.17) is 0 Å². The third kappa shape index (κ3) is 3.79. The van der Waals surface area contributed by atoms with Crippen LogP contribution in [0.2, 0.25) is 0 Å². The smallest absolute Gasteiger partial charge is 0.272 e. The summed E-state index contributed by atoms with van der Waals surface area (Å²) < 4.78 is 29.1. The van der Waals surface area contributed by atoms with Crippen LogP contribution in [0.25, 0.3) is 12.7 Å². The number of hydrogen-bond donors (Lipinski definition) is 2. The van der Waals surface area contributed by atoms with Crippen molar-refractivity contribution in [3.8, 4) is 0 Å².